The fraction of sp³-hybridized carbons (Fsp3) is 0.500. The Kier molecular flexibility index (Phi) is 6.53. The van der Waals surface area contributed by atoms with Crippen molar-refractivity contribution in [2.75, 3.05) is 5.75 Å². The van der Waals surface area contributed by atoms with Gasteiger partial charge in [0, 0.05) is 24.3 Å². The Bertz CT molecular complexity index is 555. The molecule has 0 bridgehead atoms. The zero-order valence-corrected chi connectivity index (χ0v) is 13.0. The van der Waals surface area contributed by atoms with Crippen LogP contribution in [0.25, 0.3) is 0 Å². The van der Waals surface area contributed by atoms with Gasteiger partial charge in [0.05, 0.1) is 11.0 Å². The van der Waals surface area contributed by atoms with Crippen LogP contribution in [0.3, 0.4) is 0 Å². The summed E-state index contributed by atoms with van der Waals surface area (Å²) in [5.74, 6) is 0.326. The van der Waals surface area contributed by atoms with Crippen LogP contribution in [0.4, 0.5) is 5.69 Å². The number of pyridine rings is 1. The van der Waals surface area contributed by atoms with Gasteiger partial charge >= 0.3 is 0 Å². The number of aliphatic hydroxyl groups is 2. The average Bonchev–Trinajstić information content (AvgIpc) is 2.37. The van der Waals surface area contributed by atoms with Crippen molar-refractivity contribution in [3.05, 3.63) is 32.6 Å². The molecule has 0 aliphatic rings. The monoisotopic (exact) mass is 334 g/mol. The van der Waals surface area contributed by atoms with Gasteiger partial charge < -0.3 is 10.2 Å². The topological polar surface area (TPSA) is 114 Å². The number of aliphatic hydroxyl groups excluding tert-OH is 2. The summed E-state index contributed by atoms with van der Waals surface area (Å²) in [6.45, 7) is 2.83. The Morgan fingerprint density at radius 3 is 2.71 bits per heavy atom. The molecule has 0 saturated carbocycles. The first kappa shape index (κ1) is 17.8. The lowest BCUT2D eigenvalue weighted by Crippen LogP contribution is -2.20. The number of carbonyl (C=O) groups is 1. The zero-order valence-electron chi connectivity index (χ0n) is 11.4. The molecule has 1 rings (SSSR count). The van der Waals surface area contributed by atoms with Gasteiger partial charge in [0.25, 0.3) is 5.69 Å². The zero-order chi connectivity index (χ0) is 16.2. The van der Waals surface area contributed by atoms with E-state index in [0.717, 1.165) is 17.8 Å². The highest BCUT2D eigenvalue weighted by Crippen LogP contribution is 2.30. The number of aryl methyl sites for hydroxylation is 1. The highest BCUT2D eigenvalue weighted by atomic mass is 35.5. The molecule has 21 heavy (non-hydrogen) atoms. The third-order valence-electron chi connectivity index (χ3n) is 2.77. The molecule has 0 saturated heterocycles. The Labute approximate surface area is 130 Å². The number of halogens is 1. The molecule has 2 N–H and O–H groups in total. The molecule has 0 radical (unpaired) electrons. The van der Waals surface area contributed by atoms with E-state index in [0.29, 0.717) is 5.75 Å². The first-order chi connectivity index (χ1) is 9.73. The number of nitrogens with zero attached hydrogens (tertiary/aromatic N) is 2. The molecule has 0 spiro atoms. The van der Waals surface area contributed by atoms with Gasteiger partial charge in [-0.3, -0.25) is 14.9 Å². The molecule has 0 aliphatic heterocycles. The van der Waals surface area contributed by atoms with Crippen LogP contribution in [0.1, 0.15) is 30.7 Å². The van der Waals surface area contributed by atoms with Crippen LogP contribution in [0, 0.1) is 17.0 Å². The van der Waals surface area contributed by atoms with Crippen LogP contribution < -0.4 is 0 Å². The molecule has 116 valence electrons. The fourth-order valence-electron chi connectivity index (χ4n) is 1.66. The van der Waals surface area contributed by atoms with Gasteiger partial charge in [-0.1, -0.05) is 23.4 Å². The highest BCUT2D eigenvalue weighted by Gasteiger charge is 2.25. The Morgan fingerprint density at radius 2 is 2.19 bits per heavy atom. The maximum absolute atomic E-state index is 10.9. The predicted molar refractivity (Wildman–Crippen MR) is 79.4 cm³/mol. The van der Waals surface area contributed by atoms with Gasteiger partial charge in [0.2, 0.25) is 0 Å². The van der Waals surface area contributed by atoms with Crippen LogP contribution in [-0.2, 0) is 4.79 Å². The average molecular weight is 335 g/mol. The van der Waals surface area contributed by atoms with Gasteiger partial charge in [-0.25, -0.2) is 4.98 Å². The predicted octanol–water partition coefficient (Wildman–Crippen LogP) is 2.02. The van der Waals surface area contributed by atoms with Crippen molar-refractivity contribution in [3.8, 4) is 0 Å². The third kappa shape index (κ3) is 4.92. The van der Waals surface area contributed by atoms with Crippen LogP contribution in [0.5, 0.6) is 0 Å². The van der Waals surface area contributed by atoms with E-state index in [2.05, 4.69) is 4.98 Å². The molecule has 1 aromatic heterocycles. The Balaban J connectivity index is 2.90. The van der Waals surface area contributed by atoms with Gasteiger partial charge in [0.1, 0.15) is 17.0 Å². The van der Waals surface area contributed by atoms with Crippen LogP contribution in [0.15, 0.2) is 6.07 Å². The quantitative estimate of drug-likeness (QED) is 0.464. The van der Waals surface area contributed by atoms with Crippen LogP contribution in [0.2, 0.25) is 5.15 Å². The van der Waals surface area contributed by atoms with E-state index in [1.807, 2.05) is 0 Å². The second kappa shape index (κ2) is 7.69. The lowest BCUT2D eigenvalue weighted by Gasteiger charge is -2.18. The third-order valence-corrected chi connectivity index (χ3v) is 3.91. The lowest BCUT2D eigenvalue weighted by molar-refractivity contribution is -0.385. The van der Waals surface area contributed by atoms with E-state index in [1.54, 1.807) is 0 Å². The molecule has 0 aromatic carbocycles. The smallest absolute Gasteiger partial charge is 0.290 e. The minimum atomic E-state index is -1.41. The molecule has 2 unspecified atom stereocenters. The van der Waals surface area contributed by atoms with E-state index < -0.39 is 17.1 Å². The van der Waals surface area contributed by atoms with Crippen molar-refractivity contribution < 1.29 is 19.9 Å². The van der Waals surface area contributed by atoms with Crippen LogP contribution >= 0.6 is 23.4 Å². The first-order valence-corrected chi connectivity index (χ1v) is 7.41. The molecule has 1 heterocycles. The van der Waals surface area contributed by atoms with E-state index in [9.17, 15) is 25.1 Å². The fourth-order valence-corrected chi connectivity index (χ4v) is 2.60. The molecule has 0 fully saturated rings. The number of rotatable bonds is 6. The van der Waals surface area contributed by atoms with Crippen molar-refractivity contribution in [3.63, 3.8) is 0 Å². The molecular weight excluding hydrogens is 320 g/mol. The standard InChI is InChI=1S/C12H15ClN2O5S/c1-6-9(15(19)20)5-8(12(13)14-6)11(18)10(17)3-4-21-7(2)16/h5,10-11,17-18H,3-4H2,1-2H3. The molecular formula is C12H15ClN2O5S. The van der Waals surface area contributed by atoms with E-state index in [1.165, 1.54) is 13.8 Å². The minimum absolute atomic E-state index is 0.00529. The van der Waals surface area contributed by atoms with Crippen molar-refractivity contribution >= 4 is 34.2 Å². The summed E-state index contributed by atoms with van der Waals surface area (Å²) < 4.78 is 0. The summed E-state index contributed by atoms with van der Waals surface area (Å²) in [6.07, 6.45) is -2.46. The van der Waals surface area contributed by atoms with Crippen LogP contribution in [-0.4, -0.2) is 37.1 Å². The summed E-state index contributed by atoms with van der Waals surface area (Å²) in [5.41, 5.74) is -0.157. The second-order valence-corrected chi connectivity index (χ2v) is 6.00. The Hall–Kier alpha value is -1.22. The Morgan fingerprint density at radius 1 is 1.57 bits per heavy atom. The molecule has 7 nitrogen and oxygen atoms in total. The van der Waals surface area contributed by atoms with Gasteiger partial charge in [-0.2, -0.15) is 0 Å². The SMILES string of the molecule is CC(=O)SCCC(O)C(O)c1cc([N+](=O)[O-])c(C)nc1Cl. The number of nitro groups is 1. The maximum atomic E-state index is 10.9. The van der Waals surface area contributed by atoms with Crippen molar-refractivity contribution in [1.82, 2.24) is 4.98 Å². The van der Waals surface area contributed by atoms with Gasteiger partial charge in [-0.05, 0) is 13.3 Å². The summed E-state index contributed by atoms with van der Waals surface area (Å²) in [7, 11) is 0. The van der Waals surface area contributed by atoms with Crippen molar-refractivity contribution in [2.45, 2.75) is 32.5 Å². The van der Waals surface area contributed by atoms with Crippen molar-refractivity contribution in [1.29, 1.82) is 0 Å². The second-order valence-electron chi connectivity index (χ2n) is 4.37. The lowest BCUT2D eigenvalue weighted by atomic mass is 10.0. The number of thioether (sulfide) groups is 1. The van der Waals surface area contributed by atoms with Gasteiger partial charge in [-0.15, -0.1) is 0 Å². The minimum Gasteiger partial charge on any atom is -0.390 e. The highest BCUT2D eigenvalue weighted by molar-refractivity contribution is 8.13. The van der Waals surface area contributed by atoms with Crippen molar-refractivity contribution in [2.24, 2.45) is 0 Å². The number of hydrogen-bond donors (Lipinski definition) is 2. The largest absolute Gasteiger partial charge is 0.390 e. The summed E-state index contributed by atoms with van der Waals surface area (Å²) in [5, 5.41) is 30.6. The van der Waals surface area contributed by atoms with E-state index in [4.69, 9.17) is 11.6 Å². The molecule has 9 heteroatoms. The molecule has 0 aliphatic carbocycles. The first-order valence-electron chi connectivity index (χ1n) is 6.05. The molecule has 0 amide bonds. The summed E-state index contributed by atoms with van der Waals surface area (Å²) >= 11 is 6.89. The maximum Gasteiger partial charge on any atom is 0.290 e. The molecule has 2 atom stereocenters. The number of carbonyl (C=O) groups excluding carboxylic acids is 1. The summed E-state index contributed by atoms with van der Waals surface area (Å²) in [4.78, 5) is 24.8. The number of hydrogen-bond acceptors (Lipinski definition) is 7. The molecule has 1 aromatic rings. The van der Waals surface area contributed by atoms with E-state index >= 15 is 0 Å². The van der Waals surface area contributed by atoms with E-state index in [-0.39, 0.29) is 33.6 Å². The number of aromatic nitrogens is 1. The normalized spacial score (nSPS) is 13.8. The summed E-state index contributed by atoms with van der Waals surface area (Å²) in [6, 6.07) is 1.11. The van der Waals surface area contributed by atoms with Gasteiger partial charge in [0.15, 0.2) is 5.12 Å².